The fourth-order valence-corrected chi connectivity index (χ4v) is 2.28. The van der Waals surface area contributed by atoms with E-state index in [9.17, 15) is 14.0 Å². The van der Waals surface area contributed by atoms with Crippen LogP contribution in [0.2, 0.25) is 10.0 Å². The van der Waals surface area contributed by atoms with E-state index < -0.39 is 29.5 Å². The second kappa shape index (κ2) is 7.84. The van der Waals surface area contributed by atoms with Crippen molar-refractivity contribution in [3.8, 4) is 0 Å². The summed E-state index contributed by atoms with van der Waals surface area (Å²) in [7, 11) is 1.19. The predicted octanol–water partition coefficient (Wildman–Crippen LogP) is 3.74. The summed E-state index contributed by atoms with van der Waals surface area (Å²) in [5.74, 6) is -1.42. The molecule has 23 heavy (non-hydrogen) atoms. The third-order valence-corrected chi connectivity index (χ3v) is 3.21. The number of carbonyl (C=O) groups excluding carboxylic acids is 2. The highest BCUT2D eigenvalue weighted by Crippen LogP contribution is 2.25. The number of halogens is 3. The molecule has 5 nitrogen and oxygen atoms in total. The number of hydrogen-bond acceptors (Lipinski definition) is 4. The van der Waals surface area contributed by atoms with Crippen LogP contribution < -0.4 is 5.32 Å². The summed E-state index contributed by atoms with van der Waals surface area (Å²) >= 11 is 11.4. The molecule has 0 saturated heterocycles. The van der Waals surface area contributed by atoms with Gasteiger partial charge in [0.1, 0.15) is 11.6 Å². The first kappa shape index (κ1) is 19.5. The quantitative estimate of drug-likeness (QED) is 0.651. The molecule has 0 fully saturated rings. The van der Waals surface area contributed by atoms with Gasteiger partial charge < -0.3 is 14.8 Å². The van der Waals surface area contributed by atoms with Crippen LogP contribution in [0, 0.1) is 5.82 Å². The van der Waals surface area contributed by atoms with Gasteiger partial charge >= 0.3 is 12.1 Å². The van der Waals surface area contributed by atoms with E-state index in [2.05, 4.69) is 10.1 Å². The fourth-order valence-electron chi connectivity index (χ4n) is 1.75. The van der Waals surface area contributed by atoms with Crippen molar-refractivity contribution in [1.29, 1.82) is 0 Å². The second-order valence-electron chi connectivity index (χ2n) is 5.80. The SMILES string of the molecule is COC(=O)C(Cc1cc(Cl)c(F)c(Cl)c1)NC(=O)OC(C)(C)C. The maximum atomic E-state index is 13.4. The Morgan fingerprint density at radius 3 is 2.22 bits per heavy atom. The lowest BCUT2D eigenvalue weighted by Gasteiger charge is -2.22. The zero-order valence-electron chi connectivity index (χ0n) is 13.2. The van der Waals surface area contributed by atoms with Gasteiger partial charge in [0.25, 0.3) is 0 Å². The summed E-state index contributed by atoms with van der Waals surface area (Å²) in [4.78, 5) is 23.6. The van der Waals surface area contributed by atoms with E-state index >= 15 is 0 Å². The van der Waals surface area contributed by atoms with E-state index in [1.54, 1.807) is 20.8 Å². The molecule has 0 radical (unpaired) electrons. The van der Waals surface area contributed by atoms with Crippen LogP contribution >= 0.6 is 23.2 Å². The molecule has 1 N–H and O–H groups in total. The molecule has 0 heterocycles. The molecule has 128 valence electrons. The first-order valence-electron chi connectivity index (χ1n) is 6.74. The Labute approximate surface area is 144 Å². The molecular weight excluding hydrogens is 348 g/mol. The molecule has 0 aliphatic heterocycles. The largest absolute Gasteiger partial charge is 0.467 e. The first-order chi connectivity index (χ1) is 10.5. The van der Waals surface area contributed by atoms with Crippen LogP contribution in [0.15, 0.2) is 12.1 Å². The number of amides is 1. The van der Waals surface area contributed by atoms with Crippen molar-refractivity contribution in [2.45, 2.75) is 38.8 Å². The lowest BCUT2D eigenvalue weighted by atomic mass is 10.1. The normalized spacial score (nSPS) is 12.5. The van der Waals surface area contributed by atoms with Gasteiger partial charge in [-0.25, -0.2) is 14.0 Å². The Morgan fingerprint density at radius 1 is 1.26 bits per heavy atom. The highest BCUT2D eigenvalue weighted by atomic mass is 35.5. The summed E-state index contributed by atoms with van der Waals surface area (Å²) in [6, 6.07) is 1.64. The van der Waals surface area contributed by atoms with Crippen LogP contribution in [0.4, 0.5) is 9.18 Å². The molecule has 1 aromatic rings. The predicted molar refractivity (Wildman–Crippen MR) is 85.3 cm³/mol. The molecule has 1 rings (SSSR count). The molecule has 1 aromatic carbocycles. The van der Waals surface area contributed by atoms with E-state index in [4.69, 9.17) is 27.9 Å². The maximum absolute atomic E-state index is 13.4. The molecule has 0 saturated carbocycles. The number of methoxy groups -OCH3 is 1. The first-order valence-corrected chi connectivity index (χ1v) is 7.50. The third kappa shape index (κ3) is 6.23. The van der Waals surface area contributed by atoms with Crippen molar-refractivity contribution in [3.63, 3.8) is 0 Å². The van der Waals surface area contributed by atoms with Crippen molar-refractivity contribution in [1.82, 2.24) is 5.32 Å². The highest BCUT2D eigenvalue weighted by molar-refractivity contribution is 6.35. The number of alkyl carbamates (subject to hydrolysis) is 1. The molecule has 8 heteroatoms. The van der Waals surface area contributed by atoms with Crippen LogP contribution in [-0.4, -0.2) is 30.8 Å². The van der Waals surface area contributed by atoms with Gasteiger partial charge in [-0.2, -0.15) is 0 Å². The van der Waals surface area contributed by atoms with Gasteiger partial charge in [0, 0.05) is 6.42 Å². The minimum atomic E-state index is -1.02. The monoisotopic (exact) mass is 365 g/mol. The van der Waals surface area contributed by atoms with E-state index in [0.717, 1.165) is 0 Å². The van der Waals surface area contributed by atoms with Crippen molar-refractivity contribution in [2.75, 3.05) is 7.11 Å². The van der Waals surface area contributed by atoms with E-state index in [1.807, 2.05) is 0 Å². The highest BCUT2D eigenvalue weighted by Gasteiger charge is 2.25. The van der Waals surface area contributed by atoms with Crippen molar-refractivity contribution in [3.05, 3.63) is 33.6 Å². The Bertz CT molecular complexity index is 579. The Morgan fingerprint density at radius 2 is 1.78 bits per heavy atom. The van der Waals surface area contributed by atoms with Gasteiger partial charge in [-0.1, -0.05) is 23.2 Å². The van der Waals surface area contributed by atoms with Gasteiger partial charge in [-0.3, -0.25) is 0 Å². The van der Waals surface area contributed by atoms with Gasteiger partial charge in [0.05, 0.1) is 17.2 Å². The molecule has 0 spiro atoms. The minimum absolute atomic E-state index is 0.0195. The van der Waals surface area contributed by atoms with Crippen LogP contribution in [0.3, 0.4) is 0 Å². The summed E-state index contributed by atoms with van der Waals surface area (Å²) < 4.78 is 23.2. The summed E-state index contributed by atoms with van der Waals surface area (Å²) in [6.45, 7) is 5.08. The molecule has 1 unspecified atom stereocenters. The maximum Gasteiger partial charge on any atom is 0.408 e. The van der Waals surface area contributed by atoms with Gasteiger partial charge in [0.15, 0.2) is 5.82 Å². The molecule has 0 aliphatic carbocycles. The molecule has 0 bridgehead atoms. The fraction of sp³-hybridized carbons (Fsp3) is 0.467. The number of ether oxygens (including phenoxy) is 2. The van der Waals surface area contributed by atoms with Gasteiger partial charge in [0.2, 0.25) is 0 Å². The smallest absolute Gasteiger partial charge is 0.408 e. The van der Waals surface area contributed by atoms with Crippen LogP contribution in [0.5, 0.6) is 0 Å². The lowest BCUT2D eigenvalue weighted by Crippen LogP contribution is -2.45. The van der Waals surface area contributed by atoms with E-state index in [-0.39, 0.29) is 16.5 Å². The molecular formula is C15H18Cl2FNO4. The number of esters is 1. The summed E-state index contributed by atoms with van der Waals surface area (Å²) in [6.07, 6.45) is -0.752. The number of benzene rings is 1. The van der Waals surface area contributed by atoms with Crippen molar-refractivity contribution >= 4 is 35.3 Å². The Hall–Kier alpha value is -1.53. The minimum Gasteiger partial charge on any atom is -0.467 e. The molecule has 0 aliphatic rings. The summed E-state index contributed by atoms with van der Waals surface area (Å²) in [5.41, 5.74) is -0.249. The zero-order valence-corrected chi connectivity index (χ0v) is 14.7. The number of hydrogen-bond donors (Lipinski definition) is 1. The van der Waals surface area contributed by atoms with E-state index in [0.29, 0.717) is 5.56 Å². The van der Waals surface area contributed by atoms with Crippen LogP contribution in [0.25, 0.3) is 0 Å². The van der Waals surface area contributed by atoms with E-state index in [1.165, 1.54) is 19.2 Å². The topological polar surface area (TPSA) is 64.6 Å². The number of carbonyl (C=O) groups is 2. The Balaban J connectivity index is 2.92. The molecule has 1 amide bonds. The van der Waals surface area contributed by atoms with Crippen molar-refractivity contribution in [2.24, 2.45) is 0 Å². The number of nitrogens with one attached hydrogen (secondary N) is 1. The zero-order chi connectivity index (χ0) is 17.8. The number of rotatable bonds is 4. The molecule has 0 aromatic heterocycles. The van der Waals surface area contributed by atoms with Gasteiger partial charge in [-0.05, 0) is 38.5 Å². The summed E-state index contributed by atoms with van der Waals surface area (Å²) in [5, 5.41) is 2.07. The van der Waals surface area contributed by atoms with Gasteiger partial charge in [-0.15, -0.1) is 0 Å². The van der Waals surface area contributed by atoms with Crippen LogP contribution in [-0.2, 0) is 20.7 Å². The lowest BCUT2D eigenvalue weighted by molar-refractivity contribution is -0.143. The standard InChI is InChI=1S/C15H18Cl2FNO4/c1-15(2,3)23-14(21)19-11(13(20)22-4)7-8-5-9(16)12(18)10(17)6-8/h5-6,11H,7H2,1-4H3,(H,19,21). The third-order valence-electron chi connectivity index (χ3n) is 2.66. The second-order valence-corrected chi connectivity index (χ2v) is 6.61. The van der Waals surface area contributed by atoms with Crippen molar-refractivity contribution < 1.29 is 23.5 Å². The average Bonchev–Trinajstić information content (AvgIpc) is 2.41. The van der Waals surface area contributed by atoms with Crippen LogP contribution in [0.1, 0.15) is 26.3 Å². The molecule has 1 atom stereocenters. The average molecular weight is 366 g/mol. The Kier molecular flexibility index (Phi) is 6.65.